The number of carboxylic acids is 1. The lowest BCUT2D eigenvalue weighted by atomic mass is 9.96. The summed E-state index contributed by atoms with van der Waals surface area (Å²) in [6.45, 7) is 4.87. The van der Waals surface area contributed by atoms with Gasteiger partial charge in [0.25, 0.3) is 0 Å². The molecule has 0 aliphatic carbocycles. The van der Waals surface area contributed by atoms with Crippen molar-refractivity contribution < 1.29 is 18.3 Å². The van der Waals surface area contributed by atoms with Gasteiger partial charge in [-0.15, -0.1) is 0 Å². The van der Waals surface area contributed by atoms with Gasteiger partial charge in [-0.2, -0.15) is 4.31 Å². The van der Waals surface area contributed by atoms with Crippen LogP contribution in [0.5, 0.6) is 0 Å². The molecule has 1 aromatic rings. The molecule has 0 aromatic heterocycles. The Bertz CT molecular complexity index is 631. The molecule has 1 N–H and O–H groups in total. The van der Waals surface area contributed by atoms with Crippen LogP contribution in [0.25, 0.3) is 0 Å². The third-order valence-electron chi connectivity index (χ3n) is 3.57. The molecular formula is C14H19NO4S. The smallest absolute Gasteiger partial charge is 0.322 e. The summed E-state index contributed by atoms with van der Waals surface area (Å²) < 4.78 is 25.3. The Morgan fingerprint density at radius 3 is 2.30 bits per heavy atom. The Balaban J connectivity index is 2.50. The Labute approximate surface area is 119 Å². The summed E-state index contributed by atoms with van der Waals surface area (Å²) >= 11 is 0. The van der Waals surface area contributed by atoms with E-state index in [-0.39, 0.29) is 13.0 Å². The fourth-order valence-corrected chi connectivity index (χ4v) is 3.83. The number of sulfonamides is 1. The average Bonchev–Trinajstić information content (AvgIpc) is 2.35. The molecule has 0 fully saturated rings. The molecule has 0 saturated heterocycles. The van der Waals surface area contributed by atoms with Gasteiger partial charge in [-0.05, 0) is 31.9 Å². The average molecular weight is 297 g/mol. The van der Waals surface area contributed by atoms with Crippen LogP contribution in [0.1, 0.15) is 31.9 Å². The maximum Gasteiger partial charge on any atom is 0.322 e. The second-order valence-corrected chi connectivity index (χ2v) is 8.63. The number of hydrogen-bond acceptors (Lipinski definition) is 3. The predicted molar refractivity (Wildman–Crippen MR) is 75.8 cm³/mol. The molecule has 0 unspecified atom stereocenters. The zero-order chi connectivity index (χ0) is 15.1. The van der Waals surface area contributed by atoms with Crippen molar-refractivity contribution in [2.75, 3.05) is 0 Å². The first-order valence-electron chi connectivity index (χ1n) is 6.45. The van der Waals surface area contributed by atoms with Crippen LogP contribution in [0.15, 0.2) is 24.3 Å². The standard InChI is InChI=1S/C14H19NO4S/c1-14(2,3)20(18,19)15-9-11-7-5-4-6-10(11)8-12(15)13(16)17/h4-7,12H,8-9H2,1-3H3,(H,16,17)/t12-/m1/s1. The number of benzene rings is 1. The molecule has 2 rings (SSSR count). The van der Waals surface area contributed by atoms with Crippen LogP contribution in [-0.4, -0.2) is 34.6 Å². The van der Waals surface area contributed by atoms with E-state index in [1.807, 2.05) is 24.3 Å². The summed E-state index contributed by atoms with van der Waals surface area (Å²) in [5.74, 6) is -1.10. The molecule has 1 aromatic carbocycles. The normalized spacial score (nSPS) is 20.4. The molecule has 1 heterocycles. The molecule has 1 aliphatic rings. The van der Waals surface area contributed by atoms with Crippen LogP contribution < -0.4 is 0 Å². The minimum absolute atomic E-state index is 0.118. The fraction of sp³-hybridized carbons (Fsp3) is 0.500. The summed E-state index contributed by atoms with van der Waals surface area (Å²) in [6.07, 6.45) is 0.209. The number of carboxylic acid groups (broad SMARTS) is 1. The number of fused-ring (bicyclic) bond motifs is 1. The van der Waals surface area contributed by atoms with Crippen molar-refractivity contribution in [2.24, 2.45) is 0 Å². The molecule has 0 radical (unpaired) electrons. The Morgan fingerprint density at radius 2 is 1.80 bits per heavy atom. The maximum atomic E-state index is 12.6. The van der Waals surface area contributed by atoms with Gasteiger partial charge in [-0.3, -0.25) is 4.79 Å². The van der Waals surface area contributed by atoms with Gasteiger partial charge in [0.15, 0.2) is 0 Å². The topological polar surface area (TPSA) is 74.7 Å². The quantitative estimate of drug-likeness (QED) is 0.900. The van der Waals surface area contributed by atoms with E-state index in [1.165, 1.54) is 0 Å². The monoisotopic (exact) mass is 297 g/mol. The first-order valence-corrected chi connectivity index (χ1v) is 7.89. The van der Waals surface area contributed by atoms with E-state index >= 15 is 0 Å². The highest BCUT2D eigenvalue weighted by Gasteiger charge is 2.44. The summed E-state index contributed by atoms with van der Waals surface area (Å²) in [5.41, 5.74) is 1.78. The second kappa shape index (κ2) is 4.86. The van der Waals surface area contributed by atoms with Gasteiger partial charge in [0, 0.05) is 13.0 Å². The highest BCUT2D eigenvalue weighted by atomic mass is 32.2. The van der Waals surface area contributed by atoms with Crippen molar-refractivity contribution in [3.8, 4) is 0 Å². The first-order chi connectivity index (χ1) is 9.14. The van der Waals surface area contributed by atoms with Crippen molar-refractivity contribution >= 4 is 16.0 Å². The van der Waals surface area contributed by atoms with E-state index in [2.05, 4.69) is 0 Å². The lowest BCUT2D eigenvalue weighted by Crippen LogP contribution is -2.53. The number of rotatable bonds is 2. The van der Waals surface area contributed by atoms with Gasteiger partial charge in [0.05, 0.1) is 4.75 Å². The van der Waals surface area contributed by atoms with Crippen molar-refractivity contribution in [3.63, 3.8) is 0 Å². The third-order valence-corrected chi connectivity index (χ3v) is 6.12. The van der Waals surface area contributed by atoms with Crippen LogP contribution in [0.3, 0.4) is 0 Å². The van der Waals surface area contributed by atoms with Gasteiger partial charge < -0.3 is 5.11 Å². The molecule has 5 nitrogen and oxygen atoms in total. The summed E-state index contributed by atoms with van der Waals surface area (Å²) in [7, 11) is -3.68. The van der Waals surface area contributed by atoms with E-state index in [4.69, 9.17) is 0 Å². The van der Waals surface area contributed by atoms with E-state index in [0.29, 0.717) is 0 Å². The number of carbonyl (C=O) groups is 1. The lowest BCUT2D eigenvalue weighted by molar-refractivity contribution is -0.141. The maximum absolute atomic E-state index is 12.6. The van der Waals surface area contributed by atoms with Crippen LogP contribution in [-0.2, 0) is 27.8 Å². The molecule has 1 aliphatic heterocycles. The molecule has 0 saturated carbocycles. The lowest BCUT2D eigenvalue weighted by Gasteiger charge is -2.37. The third kappa shape index (κ3) is 2.45. The zero-order valence-electron chi connectivity index (χ0n) is 11.8. The molecule has 20 heavy (non-hydrogen) atoms. The van der Waals surface area contributed by atoms with Gasteiger partial charge >= 0.3 is 5.97 Å². The van der Waals surface area contributed by atoms with Crippen molar-refractivity contribution in [3.05, 3.63) is 35.4 Å². The number of hydrogen-bond donors (Lipinski definition) is 1. The van der Waals surface area contributed by atoms with Gasteiger partial charge in [-0.25, -0.2) is 8.42 Å². The minimum atomic E-state index is -3.68. The molecule has 6 heteroatoms. The van der Waals surface area contributed by atoms with E-state index in [9.17, 15) is 18.3 Å². The second-order valence-electron chi connectivity index (χ2n) is 5.99. The van der Waals surface area contributed by atoms with Gasteiger partial charge in [0.2, 0.25) is 10.0 Å². The highest BCUT2D eigenvalue weighted by Crippen LogP contribution is 2.30. The first kappa shape index (κ1) is 15.0. The van der Waals surface area contributed by atoms with Gasteiger partial charge in [-0.1, -0.05) is 24.3 Å². The molecular weight excluding hydrogens is 278 g/mol. The number of aliphatic carboxylic acids is 1. The van der Waals surface area contributed by atoms with Gasteiger partial charge in [0.1, 0.15) is 6.04 Å². The minimum Gasteiger partial charge on any atom is -0.480 e. The fourth-order valence-electron chi connectivity index (χ4n) is 2.31. The van der Waals surface area contributed by atoms with Crippen molar-refractivity contribution in [1.82, 2.24) is 4.31 Å². The van der Waals surface area contributed by atoms with Crippen LogP contribution >= 0.6 is 0 Å². The van der Waals surface area contributed by atoms with E-state index in [1.54, 1.807) is 20.8 Å². The molecule has 0 bridgehead atoms. The van der Waals surface area contributed by atoms with Crippen molar-refractivity contribution in [2.45, 2.75) is 44.5 Å². The summed E-state index contributed by atoms with van der Waals surface area (Å²) in [4.78, 5) is 11.4. The SMILES string of the molecule is CC(C)(C)S(=O)(=O)N1Cc2ccccc2C[C@@H]1C(=O)O. The van der Waals surface area contributed by atoms with E-state index < -0.39 is 26.8 Å². The number of nitrogens with zero attached hydrogens (tertiary/aromatic N) is 1. The molecule has 110 valence electrons. The predicted octanol–water partition coefficient (Wildman–Crippen LogP) is 1.63. The molecule has 1 atom stereocenters. The largest absolute Gasteiger partial charge is 0.480 e. The highest BCUT2D eigenvalue weighted by molar-refractivity contribution is 7.90. The Kier molecular flexibility index (Phi) is 3.64. The summed E-state index contributed by atoms with van der Waals surface area (Å²) in [6, 6.07) is 6.34. The zero-order valence-corrected chi connectivity index (χ0v) is 12.6. The Hall–Kier alpha value is -1.40. The van der Waals surface area contributed by atoms with Crippen LogP contribution in [0, 0.1) is 0 Å². The van der Waals surface area contributed by atoms with Crippen LogP contribution in [0.4, 0.5) is 0 Å². The van der Waals surface area contributed by atoms with E-state index in [0.717, 1.165) is 15.4 Å². The molecule has 0 amide bonds. The Morgan fingerprint density at radius 1 is 1.25 bits per heavy atom. The van der Waals surface area contributed by atoms with Crippen LogP contribution in [0.2, 0.25) is 0 Å². The molecule has 0 spiro atoms. The van der Waals surface area contributed by atoms with Crippen molar-refractivity contribution in [1.29, 1.82) is 0 Å². The summed E-state index contributed by atoms with van der Waals surface area (Å²) in [5, 5.41) is 9.36.